The molecule has 1 atom stereocenters. The van der Waals surface area contributed by atoms with Crippen molar-refractivity contribution in [2.24, 2.45) is 7.05 Å². The van der Waals surface area contributed by atoms with E-state index >= 15 is 0 Å². The third-order valence-corrected chi connectivity index (χ3v) is 4.21. The van der Waals surface area contributed by atoms with Crippen LogP contribution in [0.1, 0.15) is 17.5 Å². The average Bonchev–Trinajstić information content (AvgIpc) is 2.93. The van der Waals surface area contributed by atoms with E-state index in [1.807, 2.05) is 29.8 Å². The summed E-state index contributed by atoms with van der Waals surface area (Å²) in [6, 6.07) is 8.02. The Balaban J connectivity index is 1.59. The minimum atomic E-state index is -0.00232. The van der Waals surface area contributed by atoms with Crippen LogP contribution in [0, 0.1) is 0 Å². The first-order chi connectivity index (χ1) is 10.2. The molecule has 0 radical (unpaired) electrons. The number of aromatic nitrogens is 3. The zero-order chi connectivity index (χ0) is 14.7. The Labute approximate surface area is 129 Å². The zero-order valence-corrected chi connectivity index (χ0v) is 12.8. The molecule has 1 aromatic heterocycles. The second-order valence-corrected chi connectivity index (χ2v) is 5.71. The maximum absolute atomic E-state index is 6.21. The fourth-order valence-electron chi connectivity index (χ4n) is 2.63. The number of nitrogens with zero attached hydrogens (tertiary/aromatic N) is 4. The minimum Gasteiger partial charge on any atom is -0.368 e. The van der Waals surface area contributed by atoms with Crippen molar-refractivity contribution in [3.05, 3.63) is 47.0 Å². The number of rotatable bonds is 4. The number of benzene rings is 1. The molecular weight excluding hydrogens is 288 g/mol. The molecule has 0 spiro atoms. The quantitative estimate of drug-likeness (QED) is 0.867. The van der Waals surface area contributed by atoms with Crippen LogP contribution in [-0.2, 0) is 18.2 Å². The summed E-state index contributed by atoms with van der Waals surface area (Å²) in [6.45, 7) is 3.48. The Morgan fingerprint density at radius 1 is 1.38 bits per heavy atom. The number of hydrogen-bond acceptors (Lipinski definition) is 4. The first-order valence-electron chi connectivity index (χ1n) is 7.15. The van der Waals surface area contributed by atoms with Gasteiger partial charge >= 0.3 is 0 Å². The number of morpholine rings is 1. The Morgan fingerprint density at radius 2 is 2.24 bits per heavy atom. The molecule has 1 aliphatic heterocycles. The van der Waals surface area contributed by atoms with Crippen LogP contribution in [0.4, 0.5) is 0 Å². The van der Waals surface area contributed by atoms with E-state index in [0.29, 0.717) is 0 Å². The molecule has 1 fully saturated rings. The number of halogens is 1. The molecule has 0 saturated carbocycles. The van der Waals surface area contributed by atoms with Crippen LogP contribution < -0.4 is 0 Å². The highest BCUT2D eigenvalue weighted by Crippen LogP contribution is 2.21. The lowest BCUT2D eigenvalue weighted by atomic mass is 10.1. The summed E-state index contributed by atoms with van der Waals surface area (Å²) in [6.07, 6.45) is 2.66. The topological polar surface area (TPSA) is 43.2 Å². The molecule has 0 unspecified atom stereocenters. The summed E-state index contributed by atoms with van der Waals surface area (Å²) < 4.78 is 7.74. The lowest BCUT2D eigenvalue weighted by Crippen LogP contribution is -2.40. The van der Waals surface area contributed by atoms with Gasteiger partial charge in [0, 0.05) is 31.7 Å². The van der Waals surface area contributed by atoms with E-state index in [9.17, 15) is 0 Å². The van der Waals surface area contributed by atoms with Crippen molar-refractivity contribution in [2.75, 3.05) is 26.2 Å². The molecule has 0 aliphatic carbocycles. The normalized spacial score (nSPS) is 19.8. The summed E-state index contributed by atoms with van der Waals surface area (Å²) in [5.74, 6) is 0.887. The summed E-state index contributed by atoms with van der Waals surface area (Å²) in [7, 11) is 1.95. The second-order valence-electron chi connectivity index (χ2n) is 5.30. The van der Waals surface area contributed by atoms with Crippen molar-refractivity contribution >= 4 is 11.6 Å². The summed E-state index contributed by atoms with van der Waals surface area (Å²) in [4.78, 5) is 2.40. The molecule has 21 heavy (non-hydrogen) atoms. The largest absolute Gasteiger partial charge is 0.368 e. The lowest BCUT2D eigenvalue weighted by Gasteiger charge is -2.32. The van der Waals surface area contributed by atoms with Gasteiger partial charge in [-0.25, -0.2) is 0 Å². The van der Waals surface area contributed by atoms with Gasteiger partial charge < -0.3 is 9.30 Å². The van der Waals surface area contributed by atoms with Gasteiger partial charge in [-0.15, -0.1) is 10.2 Å². The summed E-state index contributed by atoms with van der Waals surface area (Å²) >= 11 is 6.21. The smallest absolute Gasteiger partial charge is 0.163 e. The van der Waals surface area contributed by atoms with Crippen LogP contribution in [0.5, 0.6) is 0 Å². The van der Waals surface area contributed by atoms with Gasteiger partial charge in [0.2, 0.25) is 0 Å². The third kappa shape index (κ3) is 3.43. The Morgan fingerprint density at radius 3 is 3.00 bits per heavy atom. The monoisotopic (exact) mass is 306 g/mol. The first kappa shape index (κ1) is 14.5. The van der Waals surface area contributed by atoms with Crippen LogP contribution in [-0.4, -0.2) is 45.9 Å². The maximum atomic E-state index is 6.21. The third-order valence-electron chi connectivity index (χ3n) is 3.84. The van der Waals surface area contributed by atoms with Crippen molar-refractivity contribution in [1.29, 1.82) is 0 Å². The van der Waals surface area contributed by atoms with Gasteiger partial charge in [0.25, 0.3) is 0 Å². The van der Waals surface area contributed by atoms with Gasteiger partial charge in [-0.1, -0.05) is 29.8 Å². The average molecular weight is 307 g/mol. The van der Waals surface area contributed by atoms with Crippen LogP contribution in [0.3, 0.4) is 0 Å². The van der Waals surface area contributed by atoms with Crippen LogP contribution in [0.25, 0.3) is 0 Å². The molecule has 5 nitrogen and oxygen atoms in total. The van der Waals surface area contributed by atoms with Crippen molar-refractivity contribution < 1.29 is 4.74 Å². The fourth-order valence-corrected chi connectivity index (χ4v) is 2.86. The number of ether oxygens (including phenoxy) is 1. The van der Waals surface area contributed by atoms with E-state index < -0.39 is 0 Å². The predicted octanol–water partition coefficient (Wildman–Crippen LogP) is 2.08. The first-order valence-corrected chi connectivity index (χ1v) is 7.53. The van der Waals surface area contributed by atoms with Crippen molar-refractivity contribution in [1.82, 2.24) is 19.7 Å². The predicted molar refractivity (Wildman–Crippen MR) is 81.3 cm³/mol. The summed E-state index contributed by atoms with van der Waals surface area (Å²) in [5, 5.41) is 8.91. The van der Waals surface area contributed by atoms with Gasteiger partial charge in [-0.2, -0.15) is 0 Å². The SMILES string of the molecule is Cn1cnnc1[C@@H]1CN(CCc2ccccc2Cl)CCO1. The molecule has 0 bridgehead atoms. The van der Waals surface area contributed by atoms with E-state index in [0.717, 1.165) is 43.5 Å². The Hall–Kier alpha value is -1.43. The van der Waals surface area contributed by atoms with Crippen LogP contribution >= 0.6 is 11.6 Å². The van der Waals surface area contributed by atoms with Gasteiger partial charge in [0.05, 0.1) is 6.61 Å². The van der Waals surface area contributed by atoms with Crippen LogP contribution in [0.15, 0.2) is 30.6 Å². The Bertz CT molecular complexity index is 601. The number of aryl methyl sites for hydroxylation is 1. The van der Waals surface area contributed by atoms with E-state index in [-0.39, 0.29) is 6.10 Å². The van der Waals surface area contributed by atoms with E-state index in [4.69, 9.17) is 16.3 Å². The van der Waals surface area contributed by atoms with E-state index in [1.165, 1.54) is 5.56 Å². The summed E-state index contributed by atoms with van der Waals surface area (Å²) in [5.41, 5.74) is 1.20. The van der Waals surface area contributed by atoms with Crippen LogP contribution in [0.2, 0.25) is 5.02 Å². The fraction of sp³-hybridized carbons (Fsp3) is 0.467. The highest BCUT2D eigenvalue weighted by Gasteiger charge is 2.25. The molecule has 1 aliphatic rings. The molecule has 112 valence electrons. The molecule has 1 saturated heterocycles. The molecular formula is C15H19ClN4O. The molecule has 0 amide bonds. The van der Waals surface area contributed by atoms with Gasteiger partial charge in [0.1, 0.15) is 12.4 Å². The molecule has 1 aromatic carbocycles. The van der Waals surface area contributed by atoms with Crippen molar-refractivity contribution in [2.45, 2.75) is 12.5 Å². The molecule has 6 heteroatoms. The Kier molecular flexibility index (Phi) is 4.53. The van der Waals surface area contributed by atoms with E-state index in [2.05, 4.69) is 21.2 Å². The minimum absolute atomic E-state index is 0.00232. The van der Waals surface area contributed by atoms with Crippen molar-refractivity contribution in [3.8, 4) is 0 Å². The van der Waals surface area contributed by atoms with Gasteiger partial charge in [-0.3, -0.25) is 4.90 Å². The number of hydrogen-bond donors (Lipinski definition) is 0. The second kappa shape index (κ2) is 6.56. The maximum Gasteiger partial charge on any atom is 0.163 e. The molecule has 0 N–H and O–H groups in total. The van der Waals surface area contributed by atoms with Crippen molar-refractivity contribution in [3.63, 3.8) is 0 Å². The highest BCUT2D eigenvalue weighted by atomic mass is 35.5. The van der Waals surface area contributed by atoms with Gasteiger partial charge in [0.15, 0.2) is 5.82 Å². The molecule has 3 rings (SSSR count). The highest BCUT2D eigenvalue weighted by molar-refractivity contribution is 6.31. The molecule has 2 aromatic rings. The molecule has 2 heterocycles. The standard InChI is InChI=1S/C15H19ClN4O/c1-19-11-17-18-15(19)14-10-20(8-9-21-14)7-6-12-4-2-3-5-13(12)16/h2-5,11,14H,6-10H2,1H3/t14-/m0/s1. The zero-order valence-electron chi connectivity index (χ0n) is 12.1. The van der Waals surface area contributed by atoms with Gasteiger partial charge in [-0.05, 0) is 18.1 Å². The lowest BCUT2D eigenvalue weighted by molar-refractivity contribution is -0.0352. The van der Waals surface area contributed by atoms with E-state index in [1.54, 1.807) is 6.33 Å².